The molecule has 1 aromatic heterocycles. The van der Waals surface area contributed by atoms with E-state index in [4.69, 9.17) is 5.26 Å². The van der Waals surface area contributed by atoms with E-state index in [9.17, 15) is 12.8 Å². The van der Waals surface area contributed by atoms with Gasteiger partial charge >= 0.3 is 0 Å². The quantitative estimate of drug-likeness (QED) is 0.877. The number of nitrogens with one attached hydrogen (secondary N) is 1. The third kappa shape index (κ3) is 3.62. The van der Waals surface area contributed by atoms with Crippen molar-refractivity contribution in [3.8, 4) is 6.07 Å². The molecule has 0 aliphatic carbocycles. The topological polar surface area (TPSA) is 73.2 Å². The van der Waals surface area contributed by atoms with E-state index in [1.807, 2.05) is 6.07 Å². The fourth-order valence-corrected chi connectivity index (χ4v) is 4.17. The number of hydrogen-bond donors (Lipinski definition) is 1. The van der Waals surface area contributed by atoms with Crippen LogP contribution in [0.15, 0.2) is 39.9 Å². The predicted molar refractivity (Wildman–Crippen MR) is 83.7 cm³/mol. The summed E-state index contributed by atoms with van der Waals surface area (Å²) >= 11 is 1.16. The fourth-order valence-electron chi connectivity index (χ4n) is 1.80. The number of nitriles is 1. The first-order valence-corrected chi connectivity index (χ1v) is 8.70. The van der Waals surface area contributed by atoms with Crippen molar-refractivity contribution in [2.24, 2.45) is 0 Å². The highest BCUT2D eigenvalue weighted by molar-refractivity contribution is 7.91. The number of nitrogens with zero attached hydrogens (tertiary/aromatic N) is 2. The first-order chi connectivity index (χ1) is 10.4. The second kappa shape index (κ2) is 6.87. The Bertz CT molecular complexity index is 783. The number of sulfonamides is 1. The minimum absolute atomic E-state index is 0.184. The molecule has 22 heavy (non-hydrogen) atoms. The van der Waals surface area contributed by atoms with E-state index in [1.165, 1.54) is 23.5 Å². The average molecular weight is 339 g/mol. The van der Waals surface area contributed by atoms with E-state index in [1.54, 1.807) is 17.5 Å². The first kappa shape index (κ1) is 16.4. The number of hydrogen-bond acceptors (Lipinski definition) is 5. The molecule has 1 heterocycles. The number of rotatable bonds is 6. The largest absolute Gasteiger partial charge is 0.383 e. The molecule has 0 spiro atoms. The molecule has 8 heteroatoms. The molecule has 0 unspecified atom stereocenters. The monoisotopic (exact) mass is 339 g/mol. The van der Waals surface area contributed by atoms with Gasteiger partial charge in [0.25, 0.3) is 10.0 Å². The first-order valence-electron chi connectivity index (χ1n) is 6.38. The Morgan fingerprint density at radius 1 is 1.41 bits per heavy atom. The predicted octanol–water partition coefficient (Wildman–Crippen LogP) is 2.49. The molecule has 0 saturated heterocycles. The molecule has 0 radical (unpaired) electrons. The van der Waals surface area contributed by atoms with Gasteiger partial charge in [-0.2, -0.15) is 9.57 Å². The maximum Gasteiger partial charge on any atom is 0.252 e. The second-order valence-corrected chi connectivity index (χ2v) is 7.71. The van der Waals surface area contributed by atoms with Gasteiger partial charge < -0.3 is 5.32 Å². The van der Waals surface area contributed by atoms with E-state index < -0.39 is 15.8 Å². The third-order valence-corrected chi connectivity index (χ3v) is 6.23. The zero-order valence-corrected chi connectivity index (χ0v) is 13.4. The third-order valence-electron chi connectivity index (χ3n) is 3.00. The fraction of sp³-hybridized carbons (Fsp3) is 0.214. The van der Waals surface area contributed by atoms with Gasteiger partial charge in [-0.3, -0.25) is 0 Å². The van der Waals surface area contributed by atoms with Crippen LogP contribution < -0.4 is 5.32 Å². The highest BCUT2D eigenvalue weighted by atomic mass is 32.2. The van der Waals surface area contributed by atoms with Crippen molar-refractivity contribution in [1.29, 1.82) is 5.26 Å². The van der Waals surface area contributed by atoms with Crippen molar-refractivity contribution in [2.75, 3.05) is 25.5 Å². The van der Waals surface area contributed by atoms with Gasteiger partial charge in [-0.1, -0.05) is 6.07 Å². The molecule has 0 atom stereocenters. The minimum atomic E-state index is -3.49. The maximum absolute atomic E-state index is 13.0. The molecule has 116 valence electrons. The van der Waals surface area contributed by atoms with Crippen LogP contribution in [0.4, 0.5) is 10.1 Å². The van der Waals surface area contributed by atoms with Crippen molar-refractivity contribution in [3.05, 3.63) is 47.1 Å². The lowest BCUT2D eigenvalue weighted by Gasteiger charge is -2.17. The van der Waals surface area contributed by atoms with Crippen molar-refractivity contribution < 1.29 is 12.8 Å². The van der Waals surface area contributed by atoms with Crippen molar-refractivity contribution >= 4 is 27.0 Å². The summed E-state index contributed by atoms with van der Waals surface area (Å²) in [5.74, 6) is -0.487. The van der Waals surface area contributed by atoms with Crippen LogP contribution in [0.3, 0.4) is 0 Å². The molecule has 1 aromatic carbocycles. The molecule has 2 rings (SSSR count). The van der Waals surface area contributed by atoms with Crippen molar-refractivity contribution in [2.45, 2.75) is 4.21 Å². The Morgan fingerprint density at radius 2 is 2.18 bits per heavy atom. The molecule has 0 aliphatic heterocycles. The number of benzene rings is 1. The van der Waals surface area contributed by atoms with Crippen LogP contribution in [0, 0.1) is 17.1 Å². The lowest BCUT2D eigenvalue weighted by atomic mass is 10.2. The molecule has 5 nitrogen and oxygen atoms in total. The van der Waals surface area contributed by atoms with Gasteiger partial charge in [-0.15, -0.1) is 11.3 Å². The summed E-state index contributed by atoms with van der Waals surface area (Å²) in [5, 5.41) is 13.6. The standard InChI is InChI=1S/C14H14FN3O2S2/c1-18(22(19,20)14-3-2-8-21-14)7-6-17-13-5-4-12(15)9-11(13)10-16/h2-5,8-9,17H,6-7H2,1H3. The van der Waals surface area contributed by atoms with Gasteiger partial charge in [0.1, 0.15) is 16.1 Å². The Hall–Kier alpha value is -1.95. The van der Waals surface area contributed by atoms with Crippen LogP contribution in [-0.4, -0.2) is 32.9 Å². The SMILES string of the molecule is CN(CCNc1ccc(F)cc1C#N)S(=O)(=O)c1cccs1. The molecular formula is C14H14FN3O2S2. The molecule has 0 saturated carbocycles. The number of halogens is 1. The van der Waals surface area contributed by atoms with Gasteiger partial charge in [-0.25, -0.2) is 12.8 Å². The zero-order chi connectivity index (χ0) is 16.2. The van der Waals surface area contributed by atoms with Crippen molar-refractivity contribution in [3.63, 3.8) is 0 Å². The Labute approximate surface area is 132 Å². The molecule has 0 amide bonds. The maximum atomic E-state index is 13.0. The van der Waals surface area contributed by atoms with E-state index >= 15 is 0 Å². The van der Waals surface area contributed by atoms with E-state index in [0.29, 0.717) is 12.2 Å². The number of likely N-dealkylation sites (N-methyl/N-ethyl adjacent to an activating group) is 1. The molecule has 2 aromatic rings. The van der Waals surface area contributed by atoms with Gasteiger partial charge in [0, 0.05) is 20.1 Å². The molecule has 1 N–H and O–H groups in total. The van der Waals surface area contributed by atoms with E-state index in [0.717, 1.165) is 17.4 Å². The molecule has 0 fully saturated rings. The average Bonchev–Trinajstić information content (AvgIpc) is 3.03. The Kier molecular flexibility index (Phi) is 5.13. The summed E-state index contributed by atoms with van der Waals surface area (Å²) in [4.78, 5) is 0. The smallest absolute Gasteiger partial charge is 0.252 e. The van der Waals surface area contributed by atoms with Gasteiger partial charge in [-0.05, 0) is 29.6 Å². The molecule has 0 bridgehead atoms. The summed E-state index contributed by atoms with van der Waals surface area (Å²) in [6.45, 7) is 0.532. The van der Waals surface area contributed by atoms with Crippen LogP contribution in [0.5, 0.6) is 0 Å². The van der Waals surface area contributed by atoms with Crippen molar-refractivity contribution in [1.82, 2.24) is 4.31 Å². The van der Waals surface area contributed by atoms with E-state index in [-0.39, 0.29) is 16.3 Å². The normalized spacial score (nSPS) is 11.4. The highest BCUT2D eigenvalue weighted by Gasteiger charge is 2.21. The zero-order valence-electron chi connectivity index (χ0n) is 11.8. The summed E-state index contributed by atoms with van der Waals surface area (Å²) in [7, 11) is -1.99. The van der Waals surface area contributed by atoms with Crippen LogP contribution >= 0.6 is 11.3 Å². The second-order valence-electron chi connectivity index (χ2n) is 4.49. The Balaban J connectivity index is 1.99. The summed E-state index contributed by atoms with van der Waals surface area (Å²) in [6.07, 6.45) is 0. The van der Waals surface area contributed by atoms with Crippen LogP contribution in [-0.2, 0) is 10.0 Å². The lowest BCUT2D eigenvalue weighted by Crippen LogP contribution is -2.31. The van der Waals surface area contributed by atoms with E-state index in [2.05, 4.69) is 5.32 Å². The lowest BCUT2D eigenvalue weighted by molar-refractivity contribution is 0.482. The van der Waals surface area contributed by atoms with Crippen LogP contribution in [0.2, 0.25) is 0 Å². The van der Waals surface area contributed by atoms with Gasteiger partial charge in [0.15, 0.2) is 0 Å². The summed E-state index contributed by atoms with van der Waals surface area (Å²) in [6, 6.07) is 8.97. The van der Waals surface area contributed by atoms with Gasteiger partial charge in [0.2, 0.25) is 0 Å². The van der Waals surface area contributed by atoms with Gasteiger partial charge in [0.05, 0.1) is 11.3 Å². The van der Waals surface area contributed by atoms with Crippen LogP contribution in [0.1, 0.15) is 5.56 Å². The molecule has 0 aliphatic rings. The highest BCUT2D eigenvalue weighted by Crippen LogP contribution is 2.20. The summed E-state index contributed by atoms with van der Waals surface area (Å²) in [5.41, 5.74) is 0.662. The minimum Gasteiger partial charge on any atom is -0.383 e. The summed E-state index contributed by atoms with van der Waals surface area (Å²) < 4.78 is 39.0. The number of anilines is 1. The van der Waals surface area contributed by atoms with Crippen LogP contribution in [0.25, 0.3) is 0 Å². The Morgan fingerprint density at radius 3 is 2.82 bits per heavy atom. The number of thiophene rings is 1. The molecular weight excluding hydrogens is 325 g/mol.